The number of alkyl halides is 2. The maximum Gasteiger partial charge on any atom is 0.358 e. The molecule has 0 amide bonds. The molecule has 4 aromatic rings. The van der Waals surface area contributed by atoms with E-state index in [9.17, 15) is 4.79 Å². The fraction of sp³-hybridized carbons (Fsp3) is 0.133. The predicted molar refractivity (Wildman–Crippen MR) is 88.0 cm³/mol. The molecule has 0 unspecified atom stereocenters. The van der Waals surface area contributed by atoms with Crippen LogP contribution in [0.1, 0.15) is 22.0 Å². The number of pyridine rings is 1. The molecule has 0 N–H and O–H groups in total. The number of carbonyl (C=O) groups excluding carboxylic acids is 1. The van der Waals surface area contributed by atoms with Crippen LogP contribution in [-0.2, 0) is 10.7 Å². The van der Waals surface area contributed by atoms with Gasteiger partial charge in [0.1, 0.15) is 5.69 Å². The van der Waals surface area contributed by atoms with Gasteiger partial charge >= 0.3 is 11.9 Å². The first kappa shape index (κ1) is 16.5. The highest BCUT2D eigenvalue weighted by Gasteiger charge is 2.41. The predicted octanol–water partition coefficient (Wildman–Crippen LogP) is 2.46. The Hall–Kier alpha value is -2.95. The number of carbonyl (C=O) groups is 1. The minimum absolute atomic E-state index is 0.0303. The van der Waals surface area contributed by atoms with Crippen molar-refractivity contribution in [3.63, 3.8) is 0 Å². The minimum Gasteiger partial charge on any atom is -0.464 e. The number of imidazole rings is 1. The Morgan fingerprint density at radius 2 is 1.92 bits per heavy atom. The average molecular weight is 423 g/mol. The molecular formula is C15H9BrF2N6O2. The number of esters is 1. The molecule has 4 rings (SSSR count). The number of methoxy groups -OCH3 is 1. The molecule has 0 saturated carbocycles. The van der Waals surface area contributed by atoms with E-state index in [-0.39, 0.29) is 17.0 Å². The zero-order valence-electron chi connectivity index (χ0n) is 13.1. The largest absolute Gasteiger partial charge is 0.464 e. The fourth-order valence-electron chi connectivity index (χ4n) is 2.45. The topological polar surface area (TPSA) is 86.7 Å². The summed E-state index contributed by atoms with van der Waals surface area (Å²) in [4.78, 5) is 15.5. The van der Waals surface area contributed by atoms with Gasteiger partial charge in [-0.05, 0) is 40.2 Å². The smallest absolute Gasteiger partial charge is 0.358 e. The van der Waals surface area contributed by atoms with Crippen molar-refractivity contribution in [1.82, 2.24) is 29.2 Å². The standard InChI is InChI=1S/C15H9BrF2N6O2/c1-26-13(25)9-7-24-11(19-9)5-3-10(22-24)15(17,18)14-21-20-12-4-2-8(16)6-23(12)14/h2-7H,1H3. The minimum atomic E-state index is -3.52. The zero-order chi connectivity index (χ0) is 18.5. The lowest BCUT2D eigenvalue weighted by Gasteiger charge is -2.13. The van der Waals surface area contributed by atoms with Gasteiger partial charge in [-0.3, -0.25) is 4.40 Å². The van der Waals surface area contributed by atoms with Gasteiger partial charge in [-0.2, -0.15) is 13.9 Å². The summed E-state index contributed by atoms with van der Waals surface area (Å²) in [6.07, 6.45) is 2.67. The van der Waals surface area contributed by atoms with Crippen LogP contribution in [0.4, 0.5) is 8.78 Å². The van der Waals surface area contributed by atoms with Crippen LogP contribution in [0.25, 0.3) is 11.3 Å². The Morgan fingerprint density at radius 3 is 2.69 bits per heavy atom. The molecule has 4 aromatic heterocycles. The van der Waals surface area contributed by atoms with Crippen molar-refractivity contribution in [3.8, 4) is 0 Å². The molecule has 26 heavy (non-hydrogen) atoms. The summed E-state index contributed by atoms with van der Waals surface area (Å²) in [5.74, 6) is -4.78. The van der Waals surface area contributed by atoms with Crippen LogP contribution >= 0.6 is 15.9 Å². The van der Waals surface area contributed by atoms with Gasteiger partial charge in [-0.25, -0.2) is 14.3 Å². The number of hydrogen-bond acceptors (Lipinski definition) is 6. The molecular weight excluding hydrogens is 414 g/mol. The summed E-state index contributed by atoms with van der Waals surface area (Å²) in [5, 5.41) is 11.2. The average Bonchev–Trinajstić information content (AvgIpc) is 3.24. The van der Waals surface area contributed by atoms with Crippen LogP contribution in [0, 0.1) is 0 Å². The molecule has 0 bridgehead atoms. The first-order valence-electron chi connectivity index (χ1n) is 7.24. The number of aromatic nitrogens is 6. The second kappa shape index (κ2) is 5.80. The number of hydrogen-bond donors (Lipinski definition) is 0. The van der Waals surface area contributed by atoms with Crippen molar-refractivity contribution in [1.29, 1.82) is 0 Å². The highest BCUT2D eigenvalue weighted by molar-refractivity contribution is 9.10. The SMILES string of the molecule is COC(=O)c1cn2nc(C(F)(F)c3nnc4ccc(Br)cn34)ccc2n1. The van der Waals surface area contributed by atoms with Crippen LogP contribution in [0.2, 0.25) is 0 Å². The molecule has 132 valence electrons. The lowest BCUT2D eigenvalue weighted by atomic mass is 10.2. The van der Waals surface area contributed by atoms with Gasteiger partial charge < -0.3 is 4.74 Å². The lowest BCUT2D eigenvalue weighted by Crippen LogP contribution is -2.22. The maximum absolute atomic E-state index is 15.0. The van der Waals surface area contributed by atoms with Crippen molar-refractivity contribution in [2.24, 2.45) is 0 Å². The highest BCUT2D eigenvalue weighted by Crippen LogP contribution is 2.33. The van der Waals surface area contributed by atoms with Gasteiger partial charge in [0, 0.05) is 10.7 Å². The third kappa shape index (κ3) is 2.51. The van der Waals surface area contributed by atoms with Crippen molar-refractivity contribution in [2.45, 2.75) is 5.92 Å². The summed E-state index contributed by atoms with van der Waals surface area (Å²) in [7, 11) is 1.20. The van der Waals surface area contributed by atoms with Gasteiger partial charge in [0.25, 0.3) is 0 Å². The van der Waals surface area contributed by atoms with Crippen molar-refractivity contribution in [2.75, 3.05) is 7.11 Å². The highest BCUT2D eigenvalue weighted by atomic mass is 79.9. The van der Waals surface area contributed by atoms with Gasteiger partial charge in [0.05, 0.1) is 13.3 Å². The summed E-state index contributed by atoms with van der Waals surface area (Å²) in [6.45, 7) is 0. The third-order valence-electron chi connectivity index (χ3n) is 3.68. The van der Waals surface area contributed by atoms with E-state index >= 15 is 8.78 Å². The van der Waals surface area contributed by atoms with E-state index in [4.69, 9.17) is 0 Å². The van der Waals surface area contributed by atoms with E-state index in [1.807, 2.05) is 0 Å². The van der Waals surface area contributed by atoms with E-state index in [2.05, 4.69) is 40.9 Å². The van der Waals surface area contributed by atoms with E-state index in [1.54, 1.807) is 12.1 Å². The van der Waals surface area contributed by atoms with Gasteiger partial charge in [0.2, 0.25) is 5.82 Å². The summed E-state index contributed by atoms with van der Waals surface area (Å²) in [6, 6.07) is 5.70. The van der Waals surface area contributed by atoms with Crippen LogP contribution < -0.4 is 0 Å². The molecule has 0 fully saturated rings. The van der Waals surface area contributed by atoms with Gasteiger partial charge in [0.15, 0.2) is 17.0 Å². The molecule has 4 heterocycles. The Labute approximate surface area is 152 Å². The summed E-state index contributed by atoms with van der Waals surface area (Å²) < 4.78 is 37.5. The summed E-state index contributed by atoms with van der Waals surface area (Å²) in [5.41, 5.74) is -0.0798. The molecule has 0 aromatic carbocycles. The Bertz CT molecular complexity index is 1160. The molecule has 0 radical (unpaired) electrons. The monoisotopic (exact) mass is 422 g/mol. The lowest BCUT2D eigenvalue weighted by molar-refractivity contribution is 0.0258. The van der Waals surface area contributed by atoms with Crippen molar-refractivity contribution >= 4 is 33.2 Å². The zero-order valence-corrected chi connectivity index (χ0v) is 14.7. The molecule has 0 aliphatic carbocycles. The van der Waals surface area contributed by atoms with E-state index in [0.29, 0.717) is 4.47 Å². The molecule has 8 nitrogen and oxygen atoms in total. The van der Waals surface area contributed by atoms with Gasteiger partial charge in [-0.1, -0.05) is 0 Å². The van der Waals surface area contributed by atoms with Crippen molar-refractivity contribution < 1.29 is 18.3 Å². The normalized spacial score (nSPS) is 12.0. The molecule has 11 heteroatoms. The number of halogens is 3. The van der Waals surface area contributed by atoms with Gasteiger partial charge in [-0.15, -0.1) is 10.2 Å². The summed E-state index contributed by atoms with van der Waals surface area (Å²) >= 11 is 3.24. The number of rotatable bonds is 3. The molecule has 0 atom stereocenters. The van der Waals surface area contributed by atoms with Crippen molar-refractivity contribution in [3.05, 3.63) is 58.3 Å². The molecule has 0 spiro atoms. The quantitative estimate of drug-likeness (QED) is 0.471. The van der Waals surface area contributed by atoms with E-state index in [0.717, 1.165) is 10.6 Å². The molecule has 0 saturated heterocycles. The Kier molecular flexibility index (Phi) is 3.68. The van der Waals surface area contributed by atoms with Crippen LogP contribution in [-0.4, -0.2) is 42.3 Å². The second-order valence-electron chi connectivity index (χ2n) is 5.31. The number of fused-ring (bicyclic) bond motifs is 2. The van der Waals surface area contributed by atoms with Crippen LogP contribution in [0.5, 0.6) is 0 Å². The Balaban J connectivity index is 1.84. The van der Waals surface area contributed by atoms with Crippen LogP contribution in [0.15, 0.2) is 41.1 Å². The first-order chi connectivity index (χ1) is 12.4. The molecule has 0 aliphatic rings. The Morgan fingerprint density at radius 1 is 1.15 bits per heavy atom. The molecule has 0 aliphatic heterocycles. The van der Waals surface area contributed by atoms with Crippen LogP contribution in [0.3, 0.4) is 0 Å². The number of ether oxygens (including phenoxy) is 1. The van der Waals surface area contributed by atoms with E-state index in [1.165, 1.54) is 30.0 Å². The fourth-order valence-corrected chi connectivity index (χ4v) is 2.78. The third-order valence-corrected chi connectivity index (χ3v) is 4.15. The number of nitrogens with zero attached hydrogens (tertiary/aromatic N) is 6. The first-order valence-corrected chi connectivity index (χ1v) is 8.03. The van der Waals surface area contributed by atoms with E-state index < -0.39 is 23.4 Å². The maximum atomic E-state index is 15.0. The second-order valence-corrected chi connectivity index (χ2v) is 6.23.